The summed E-state index contributed by atoms with van der Waals surface area (Å²) < 4.78 is 18.7. The van der Waals surface area contributed by atoms with Gasteiger partial charge in [0.15, 0.2) is 6.10 Å². The second kappa shape index (κ2) is 9.71. The minimum absolute atomic E-state index is 0.233. The lowest BCUT2D eigenvalue weighted by Gasteiger charge is -2.15. The molecule has 2 rings (SSSR count). The highest BCUT2D eigenvalue weighted by Crippen LogP contribution is 2.19. The first-order chi connectivity index (χ1) is 12.9. The fourth-order valence-corrected chi connectivity index (χ4v) is 2.43. The van der Waals surface area contributed by atoms with Gasteiger partial charge in [-0.2, -0.15) is 0 Å². The molecule has 0 heterocycles. The Morgan fingerprint density at radius 3 is 2.30 bits per heavy atom. The molecular formula is C21H25FN2O3. The summed E-state index contributed by atoms with van der Waals surface area (Å²) in [6, 6.07) is 13.1. The Hall–Kier alpha value is -2.89. The predicted octanol–water partition coefficient (Wildman–Crippen LogP) is 3.26. The first-order valence-corrected chi connectivity index (χ1v) is 8.95. The molecule has 0 spiro atoms. The maximum atomic E-state index is 13.1. The van der Waals surface area contributed by atoms with E-state index in [0.717, 1.165) is 6.07 Å². The molecule has 0 saturated carbocycles. The van der Waals surface area contributed by atoms with Crippen LogP contribution in [0, 0.1) is 5.82 Å². The summed E-state index contributed by atoms with van der Waals surface area (Å²) in [7, 11) is 0. The van der Waals surface area contributed by atoms with Gasteiger partial charge in [-0.15, -0.1) is 0 Å². The number of nitrogens with one attached hydrogen (secondary N) is 2. The highest BCUT2D eigenvalue weighted by atomic mass is 19.1. The third-order valence-electron chi connectivity index (χ3n) is 4.03. The van der Waals surface area contributed by atoms with Gasteiger partial charge in [0.1, 0.15) is 11.6 Å². The molecule has 6 heteroatoms. The molecule has 0 aromatic heterocycles. The minimum Gasteiger partial charge on any atom is -0.481 e. The van der Waals surface area contributed by atoms with Gasteiger partial charge in [-0.1, -0.05) is 32.0 Å². The SMILES string of the molecule is CC(Oc1ccc(C(C)C)cc1)C(=O)NCCNC(=O)c1cccc(F)c1. The first-order valence-electron chi connectivity index (χ1n) is 8.95. The second-order valence-electron chi connectivity index (χ2n) is 6.54. The van der Waals surface area contributed by atoms with Crippen LogP contribution in [-0.2, 0) is 4.79 Å². The lowest BCUT2D eigenvalue weighted by molar-refractivity contribution is -0.127. The molecule has 0 bridgehead atoms. The molecular weight excluding hydrogens is 347 g/mol. The third-order valence-corrected chi connectivity index (χ3v) is 4.03. The van der Waals surface area contributed by atoms with Crippen molar-refractivity contribution in [2.75, 3.05) is 13.1 Å². The number of hydrogen-bond acceptors (Lipinski definition) is 3. The molecule has 144 valence electrons. The molecule has 0 aliphatic carbocycles. The summed E-state index contributed by atoms with van der Waals surface area (Å²) in [6.07, 6.45) is -0.658. The van der Waals surface area contributed by atoms with E-state index in [4.69, 9.17) is 4.74 Å². The first kappa shape index (κ1) is 20.4. The number of carbonyl (C=O) groups excluding carboxylic acids is 2. The van der Waals surface area contributed by atoms with Crippen molar-refractivity contribution in [2.45, 2.75) is 32.8 Å². The monoisotopic (exact) mass is 372 g/mol. The van der Waals surface area contributed by atoms with E-state index < -0.39 is 17.8 Å². The molecule has 2 amide bonds. The van der Waals surface area contributed by atoms with Crippen LogP contribution in [0.1, 0.15) is 42.6 Å². The smallest absolute Gasteiger partial charge is 0.260 e. The Bertz CT molecular complexity index is 775. The van der Waals surface area contributed by atoms with Crippen molar-refractivity contribution in [1.29, 1.82) is 0 Å². The van der Waals surface area contributed by atoms with E-state index in [0.29, 0.717) is 11.7 Å². The van der Waals surface area contributed by atoms with Crippen molar-refractivity contribution < 1.29 is 18.7 Å². The number of halogens is 1. The number of amides is 2. The normalized spacial score (nSPS) is 11.7. The van der Waals surface area contributed by atoms with E-state index in [2.05, 4.69) is 24.5 Å². The van der Waals surface area contributed by atoms with E-state index in [1.165, 1.54) is 23.8 Å². The van der Waals surface area contributed by atoms with Gasteiger partial charge < -0.3 is 15.4 Å². The van der Waals surface area contributed by atoms with Gasteiger partial charge in [0.05, 0.1) is 0 Å². The molecule has 2 N–H and O–H groups in total. The van der Waals surface area contributed by atoms with Crippen LogP contribution in [0.4, 0.5) is 4.39 Å². The molecule has 0 saturated heterocycles. The van der Waals surface area contributed by atoms with Crippen LogP contribution >= 0.6 is 0 Å². The summed E-state index contributed by atoms with van der Waals surface area (Å²) >= 11 is 0. The topological polar surface area (TPSA) is 67.4 Å². The fourth-order valence-electron chi connectivity index (χ4n) is 2.43. The van der Waals surface area contributed by atoms with Crippen LogP contribution in [0.5, 0.6) is 5.75 Å². The average Bonchev–Trinajstić information content (AvgIpc) is 2.65. The van der Waals surface area contributed by atoms with Crippen LogP contribution in [-0.4, -0.2) is 31.0 Å². The lowest BCUT2D eigenvalue weighted by Crippen LogP contribution is -2.40. The Labute approximate surface area is 158 Å². The minimum atomic E-state index is -0.658. The zero-order valence-corrected chi connectivity index (χ0v) is 15.8. The molecule has 0 fully saturated rings. The molecule has 0 aliphatic heterocycles. The van der Waals surface area contributed by atoms with E-state index in [-0.39, 0.29) is 24.6 Å². The van der Waals surface area contributed by atoms with Crippen molar-refractivity contribution in [3.8, 4) is 5.75 Å². The zero-order chi connectivity index (χ0) is 19.8. The van der Waals surface area contributed by atoms with E-state index in [1.807, 2.05) is 24.3 Å². The average molecular weight is 372 g/mol. The molecule has 0 aliphatic rings. The number of rotatable bonds is 8. The van der Waals surface area contributed by atoms with Gasteiger partial charge in [0.25, 0.3) is 11.8 Å². The van der Waals surface area contributed by atoms with Crippen LogP contribution in [0.3, 0.4) is 0 Å². The Morgan fingerprint density at radius 2 is 1.67 bits per heavy atom. The van der Waals surface area contributed by atoms with Crippen molar-refractivity contribution in [3.63, 3.8) is 0 Å². The van der Waals surface area contributed by atoms with Gasteiger partial charge in [0.2, 0.25) is 0 Å². The molecule has 2 aromatic rings. The zero-order valence-electron chi connectivity index (χ0n) is 15.8. The second-order valence-corrected chi connectivity index (χ2v) is 6.54. The van der Waals surface area contributed by atoms with Gasteiger partial charge in [-0.3, -0.25) is 9.59 Å². The van der Waals surface area contributed by atoms with E-state index >= 15 is 0 Å². The maximum absolute atomic E-state index is 13.1. The van der Waals surface area contributed by atoms with Gasteiger partial charge in [-0.05, 0) is 48.7 Å². The van der Waals surface area contributed by atoms with Crippen molar-refractivity contribution in [1.82, 2.24) is 10.6 Å². The highest BCUT2D eigenvalue weighted by Gasteiger charge is 2.14. The number of ether oxygens (including phenoxy) is 1. The van der Waals surface area contributed by atoms with Gasteiger partial charge in [0, 0.05) is 18.7 Å². The summed E-state index contributed by atoms with van der Waals surface area (Å²) in [5.74, 6) is -0.0756. The number of hydrogen-bond donors (Lipinski definition) is 2. The van der Waals surface area contributed by atoms with E-state index in [1.54, 1.807) is 6.92 Å². The maximum Gasteiger partial charge on any atom is 0.260 e. The number of benzene rings is 2. The van der Waals surface area contributed by atoms with Crippen LogP contribution in [0.25, 0.3) is 0 Å². The van der Waals surface area contributed by atoms with Crippen LogP contribution < -0.4 is 15.4 Å². The molecule has 2 aromatic carbocycles. The van der Waals surface area contributed by atoms with Crippen LogP contribution in [0.15, 0.2) is 48.5 Å². The highest BCUT2D eigenvalue weighted by molar-refractivity contribution is 5.94. The third kappa shape index (κ3) is 6.40. The summed E-state index contributed by atoms with van der Waals surface area (Å²) in [4.78, 5) is 24.0. The van der Waals surface area contributed by atoms with Crippen molar-refractivity contribution >= 4 is 11.8 Å². The molecule has 0 radical (unpaired) electrons. The summed E-state index contributed by atoms with van der Waals surface area (Å²) in [5.41, 5.74) is 1.44. The fraction of sp³-hybridized carbons (Fsp3) is 0.333. The Morgan fingerprint density at radius 1 is 1.00 bits per heavy atom. The number of carbonyl (C=O) groups is 2. The molecule has 1 unspecified atom stereocenters. The van der Waals surface area contributed by atoms with Crippen molar-refractivity contribution in [3.05, 3.63) is 65.5 Å². The predicted molar refractivity (Wildman–Crippen MR) is 102 cm³/mol. The molecule has 5 nitrogen and oxygen atoms in total. The quantitative estimate of drug-likeness (QED) is 0.699. The van der Waals surface area contributed by atoms with E-state index in [9.17, 15) is 14.0 Å². The molecule has 1 atom stereocenters. The lowest BCUT2D eigenvalue weighted by atomic mass is 10.0. The van der Waals surface area contributed by atoms with Gasteiger partial charge >= 0.3 is 0 Å². The van der Waals surface area contributed by atoms with Gasteiger partial charge in [-0.25, -0.2) is 4.39 Å². The Kier molecular flexibility index (Phi) is 7.34. The largest absolute Gasteiger partial charge is 0.481 e. The van der Waals surface area contributed by atoms with Crippen molar-refractivity contribution in [2.24, 2.45) is 0 Å². The Balaban J connectivity index is 1.72. The molecule has 27 heavy (non-hydrogen) atoms. The summed E-state index contributed by atoms with van der Waals surface area (Å²) in [6.45, 7) is 6.37. The summed E-state index contributed by atoms with van der Waals surface area (Å²) in [5, 5.41) is 5.32. The van der Waals surface area contributed by atoms with Crippen LogP contribution in [0.2, 0.25) is 0 Å². The standard InChI is InChI=1S/C21H25FN2O3/c1-14(2)16-7-9-19(10-8-16)27-15(3)20(25)23-11-12-24-21(26)17-5-4-6-18(22)13-17/h4-10,13-15H,11-12H2,1-3H3,(H,23,25)(H,24,26).